The third kappa shape index (κ3) is 2.91. The van der Waals surface area contributed by atoms with Crippen LogP contribution in [-0.4, -0.2) is 22.8 Å². The highest BCUT2D eigenvalue weighted by Gasteiger charge is 2.33. The molecule has 1 aromatic heterocycles. The number of nitrogens with one attached hydrogen (secondary N) is 1. The number of rotatable bonds is 6. The van der Waals surface area contributed by atoms with E-state index in [1.807, 2.05) is 11.3 Å². The van der Waals surface area contributed by atoms with Gasteiger partial charge in [0.1, 0.15) is 10.0 Å². The summed E-state index contributed by atoms with van der Waals surface area (Å²) >= 11 is 1.85. The second-order valence-corrected chi connectivity index (χ2v) is 7.16. The van der Waals surface area contributed by atoms with Gasteiger partial charge in [0.05, 0.1) is 0 Å². The van der Waals surface area contributed by atoms with Crippen LogP contribution >= 0.6 is 11.3 Å². The molecule has 1 N–H and O–H groups in total. The summed E-state index contributed by atoms with van der Waals surface area (Å²) in [6.45, 7) is 3.50. The van der Waals surface area contributed by atoms with Crippen molar-refractivity contribution in [3.8, 4) is 0 Å². The van der Waals surface area contributed by atoms with Gasteiger partial charge in [-0.2, -0.15) is 0 Å². The molecule has 0 aliphatic heterocycles. The summed E-state index contributed by atoms with van der Waals surface area (Å²) < 4.78 is 0. The Hall–Kier alpha value is -0.480. The topological polar surface area (TPSA) is 37.8 Å². The molecule has 2 aliphatic rings. The van der Waals surface area contributed by atoms with Crippen molar-refractivity contribution in [3.63, 3.8) is 0 Å². The van der Waals surface area contributed by atoms with Crippen LogP contribution in [0.5, 0.6) is 0 Å². The summed E-state index contributed by atoms with van der Waals surface area (Å²) in [5.74, 6) is 0. The molecular weight excluding hydrogens is 242 g/mol. The molecule has 2 saturated carbocycles. The van der Waals surface area contributed by atoms with Gasteiger partial charge in [-0.1, -0.05) is 19.8 Å². The van der Waals surface area contributed by atoms with Crippen LogP contribution in [0.15, 0.2) is 0 Å². The highest BCUT2D eigenvalue weighted by atomic mass is 32.1. The summed E-state index contributed by atoms with van der Waals surface area (Å²) in [6, 6.07) is 0.826. The van der Waals surface area contributed by atoms with Gasteiger partial charge >= 0.3 is 0 Å². The maximum atomic E-state index is 4.44. The monoisotopic (exact) mass is 265 g/mol. The molecule has 100 valence electrons. The summed E-state index contributed by atoms with van der Waals surface area (Å²) in [6.07, 6.45) is 10.3. The normalized spacial score (nSPS) is 22.5. The van der Waals surface area contributed by atoms with E-state index < -0.39 is 0 Å². The van der Waals surface area contributed by atoms with Gasteiger partial charge in [-0.25, -0.2) is 0 Å². The Morgan fingerprint density at radius 3 is 2.78 bits per heavy atom. The quantitative estimate of drug-likeness (QED) is 0.803. The van der Waals surface area contributed by atoms with Gasteiger partial charge in [0, 0.05) is 17.9 Å². The first-order valence-electron chi connectivity index (χ1n) is 7.32. The fourth-order valence-electron chi connectivity index (χ4n) is 2.80. The Kier molecular flexibility index (Phi) is 3.66. The molecule has 0 unspecified atom stereocenters. The van der Waals surface area contributed by atoms with E-state index >= 15 is 0 Å². The third-order valence-corrected chi connectivity index (χ3v) is 5.56. The Balaban J connectivity index is 1.49. The Morgan fingerprint density at radius 2 is 2.06 bits per heavy atom. The molecule has 0 bridgehead atoms. The lowest BCUT2D eigenvalue weighted by Gasteiger charge is -2.18. The van der Waals surface area contributed by atoms with Crippen molar-refractivity contribution < 1.29 is 0 Å². The van der Waals surface area contributed by atoms with E-state index in [1.165, 1.54) is 55.0 Å². The second kappa shape index (κ2) is 5.25. The summed E-state index contributed by atoms with van der Waals surface area (Å²) in [4.78, 5) is 0. The predicted molar refractivity (Wildman–Crippen MR) is 75.1 cm³/mol. The van der Waals surface area contributed by atoms with Crippen molar-refractivity contribution in [3.05, 3.63) is 10.0 Å². The van der Waals surface area contributed by atoms with Crippen LogP contribution in [0.25, 0.3) is 0 Å². The van der Waals surface area contributed by atoms with Crippen LogP contribution in [0.1, 0.15) is 61.9 Å². The van der Waals surface area contributed by atoms with Gasteiger partial charge in [-0.15, -0.1) is 21.5 Å². The molecule has 2 aliphatic carbocycles. The minimum Gasteiger partial charge on any atom is -0.314 e. The maximum Gasteiger partial charge on any atom is 0.123 e. The van der Waals surface area contributed by atoms with E-state index in [1.54, 1.807) is 0 Å². The molecule has 4 heteroatoms. The van der Waals surface area contributed by atoms with Gasteiger partial charge in [0.15, 0.2) is 0 Å². The average molecular weight is 265 g/mol. The van der Waals surface area contributed by atoms with Crippen molar-refractivity contribution in [1.29, 1.82) is 0 Å². The van der Waals surface area contributed by atoms with Crippen molar-refractivity contribution >= 4 is 11.3 Å². The molecule has 3 nitrogen and oxygen atoms in total. The first-order valence-corrected chi connectivity index (χ1v) is 8.14. The van der Waals surface area contributed by atoms with Gasteiger partial charge in [0.2, 0.25) is 0 Å². The third-order valence-electron chi connectivity index (χ3n) is 4.27. The molecule has 1 aromatic rings. The molecule has 0 saturated heterocycles. The molecule has 18 heavy (non-hydrogen) atoms. The number of nitrogens with zero attached hydrogens (tertiary/aromatic N) is 2. The smallest absolute Gasteiger partial charge is 0.123 e. The zero-order chi connectivity index (χ0) is 12.4. The van der Waals surface area contributed by atoms with Gasteiger partial charge in [-0.05, 0) is 38.6 Å². The molecule has 1 heterocycles. The first kappa shape index (κ1) is 12.5. The lowest BCUT2D eigenvalue weighted by molar-refractivity contribution is 0.484. The van der Waals surface area contributed by atoms with Crippen LogP contribution < -0.4 is 5.32 Å². The highest BCUT2D eigenvalue weighted by Crippen LogP contribution is 2.41. The molecule has 0 amide bonds. The van der Waals surface area contributed by atoms with Crippen molar-refractivity contribution in [2.24, 2.45) is 0 Å². The molecule has 2 fully saturated rings. The Labute approximate surface area is 113 Å². The van der Waals surface area contributed by atoms with Crippen molar-refractivity contribution in [1.82, 2.24) is 15.5 Å². The van der Waals surface area contributed by atoms with Crippen LogP contribution in [0.2, 0.25) is 0 Å². The SMILES string of the molecule is CC1(c2nnc(CCCNC3CC3)s2)CCCC1. The van der Waals surface area contributed by atoms with E-state index in [0.717, 1.165) is 19.0 Å². The van der Waals surface area contributed by atoms with E-state index in [2.05, 4.69) is 22.4 Å². The first-order chi connectivity index (χ1) is 8.76. The van der Waals surface area contributed by atoms with Gasteiger partial charge in [0.25, 0.3) is 0 Å². The minimum atomic E-state index is 0.335. The van der Waals surface area contributed by atoms with Crippen molar-refractivity contribution in [2.75, 3.05) is 6.54 Å². The highest BCUT2D eigenvalue weighted by molar-refractivity contribution is 7.11. The minimum absolute atomic E-state index is 0.335. The average Bonchev–Trinajstić information content (AvgIpc) is 2.88. The lowest BCUT2D eigenvalue weighted by atomic mass is 9.90. The summed E-state index contributed by atoms with van der Waals surface area (Å²) in [5.41, 5.74) is 0.335. The molecule has 0 radical (unpaired) electrons. The standard InChI is InChI=1S/C14H23N3S/c1-14(8-2-3-9-14)13-17-16-12(18-13)5-4-10-15-11-6-7-11/h11,15H,2-10H2,1H3. The van der Waals surface area contributed by atoms with Crippen molar-refractivity contribution in [2.45, 2.75) is 69.7 Å². The second-order valence-electron chi connectivity index (χ2n) is 6.10. The van der Waals surface area contributed by atoms with Gasteiger partial charge < -0.3 is 5.32 Å². The maximum absolute atomic E-state index is 4.44. The van der Waals surface area contributed by atoms with Crippen LogP contribution in [0.4, 0.5) is 0 Å². The molecule has 0 spiro atoms. The fraction of sp³-hybridized carbons (Fsp3) is 0.857. The molecule has 3 rings (SSSR count). The number of aromatic nitrogens is 2. The summed E-state index contributed by atoms with van der Waals surface area (Å²) in [5, 5.41) is 14.9. The molecule has 0 atom stereocenters. The molecular formula is C14H23N3S. The van der Waals surface area contributed by atoms with Gasteiger partial charge in [-0.3, -0.25) is 0 Å². The van der Waals surface area contributed by atoms with Crippen LogP contribution in [0, 0.1) is 0 Å². The lowest BCUT2D eigenvalue weighted by Crippen LogP contribution is -2.17. The van der Waals surface area contributed by atoms with E-state index in [-0.39, 0.29) is 0 Å². The summed E-state index contributed by atoms with van der Waals surface area (Å²) in [7, 11) is 0. The van der Waals surface area contributed by atoms with Crippen LogP contribution in [-0.2, 0) is 11.8 Å². The van der Waals surface area contributed by atoms with E-state index in [9.17, 15) is 0 Å². The zero-order valence-corrected chi connectivity index (χ0v) is 12.1. The van der Waals surface area contributed by atoms with Crippen LogP contribution in [0.3, 0.4) is 0 Å². The Bertz CT molecular complexity index is 391. The number of aryl methyl sites for hydroxylation is 1. The Morgan fingerprint density at radius 1 is 1.28 bits per heavy atom. The largest absolute Gasteiger partial charge is 0.314 e. The van der Waals surface area contributed by atoms with E-state index in [0.29, 0.717) is 5.41 Å². The zero-order valence-electron chi connectivity index (χ0n) is 11.2. The number of hydrogen-bond acceptors (Lipinski definition) is 4. The fourth-order valence-corrected chi connectivity index (χ4v) is 3.88. The van der Waals surface area contributed by atoms with E-state index in [4.69, 9.17) is 0 Å². The predicted octanol–water partition coefficient (Wildman–Crippen LogP) is 3.05. The number of hydrogen-bond donors (Lipinski definition) is 1. The molecule has 0 aromatic carbocycles.